The Kier molecular flexibility index (Phi) is 31.5. The minimum Gasteiger partial charge on any atom is -0.508 e. The van der Waals surface area contributed by atoms with Gasteiger partial charge in [-0.05, 0) is 218 Å². The van der Waals surface area contributed by atoms with Gasteiger partial charge in [-0.2, -0.15) is 0 Å². The number of nitrogens with zero attached hydrogens (tertiary/aromatic N) is 9. The number of phenols is 2. The number of amides is 7. The number of pyridine rings is 2. The molecule has 12 bridgehead atoms. The van der Waals surface area contributed by atoms with E-state index in [1.807, 2.05) is 101 Å². The molecule has 704 valence electrons. The maximum Gasteiger partial charge on any atom is 0.410 e. The summed E-state index contributed by atoms with van der Waals surface area (Å²) in [6.07, 6.45) is 13.0. The van der Waals surface area contributed by atoms with Gasteiger partial charge in [0.05, 0.1) is 36.4 Å². The Hall–Kier alpha value is -12.1. The summed E-state index contributed by atoms with van der Waals surface area (Å²) >= 11 is 0. The molecule has 6 aliphatic heterocycles. The van der Waals surface area contributed by atoms with Crippen molar-refractivity contribution in [2.45, 2.75) is 216 Å². The van der Waals surface area contributed by atoms with Gasteiger partial charge < -0.3 is 69.3 Å². The average molecular weight is 1810 g/mol. The van der Waals surface area contributed by atoms with Gasteiger partial charge in [-0.25, -0.2) is 15.6 Å². The first-order valence-corrected chi connectivity index (χ1v) is 46.8. The number of fused-ring (bicyclic) bond motifs is 12. The monoisotopic (exact) mass is 1800 g/mol. The zero-order chi connectivity index (χ0) is 94.7. The lowest BCUT2D eigenvalue weighted by Gasteiger charge is -2.37. The fourth-order valence-electron chi connectivity index (χ4n) is 19.9. The van der Waals surface area contributed by atoms with Crippen molar-refractivity contribution in [1.82, 2.24) is 70.6 Å². The highest BCUT2D eigenvalue weighted by Gasteiger charge is 2.44. The number of rotatable bonds is 18. The molecule has 0 aliphatic carbocycles. The van der Waals surface area contributed by atoms with E-state index in [0.717, 1.165) is 116 Å². The number of aromatic nitrogens is 4. The molecule has 29 nitrogen and oxygen atoms in total. The van der Waals surface area contributed by atoms with Crippen molar-refractivity contribution in [3.8, 4) is 56.3 Å². The molecule has 15 rings (SSSR count). The van der Waals surface area contributed by atoms with Crippen LogP contribution < -0.4 is 26.8 Å². The van der Waals surface area contributed by atoms with Gasteiger partial charge in [0.1, 0.15) is 54.4 Å². The lowest BCUT2D eigenvalue weighted by Crippen LogP contribution is -2.62. The number of hydrogen-bond acceptors (Lipinski definition) is 20. The maximum absolute atomic E-state index is 14.8. The summed E-state index contributed by atoms with van der Waals surface area (Å²) in [5.41, 5.74) is 21.5. The standard InChI is InChI=1S/C55H67N7O8.C47H61N7O6.CH4O/c1-8-37-19-21-56-30-44(37)49-43-29-55(5,6)33-70-53(67)45-16-13-22-62(58-45)52(66)46(26-36-24-40(27-41(63)25-36)38-17-18-47(42(43)28-38)61(49)9-2)57-50(64)48(34(3)4)59(7)51(65)39-20-23-60(31-39)54(68)69-32-35-14-11-10-12-15-35;1-8-30-14-16-49-26-37(30)42-36-24-47(5,6)27-60-46(59)38-11-10-18-54(51-38)45(58)39(50-43(56)41(28(3)4)52(7)44(57)32-15-17-48-25-32)21-29-19-33(22-34(55)20-29)31-12-13-40(35(36)23-31)53(42)9-2;1-2/h10-12,14-15,17-19,21,24-25,27-28,30,34,39,45-46,48,58,63H,8-9,13,16,20,22-23,26,29,31-33H2,1-7H3,(H,57,64);12-14,16,19-20,22-23,26,28,32,38-39,41,48,51,55H,8-11,15,17-18,21,24-25,27H2,1-7H3,(H,50,56);2H,1H3/t39-,45-,46-,48-;32-,38-,39-,41-;/m00./s1. The van der Waals surface area contributed by atoms with E-state index in [0.29, 0.717) is 88.7 Å². The molecular formula is C103H132N14O15. The molecule has 5 aromatic carbocycles. The highest BCUT2D eigenvalue weighted by molar-refractivity contribution is 5.99. The predicted octanol–water partition coefficient (Wildman–Crippen LogP) is 12.5. The van der Waals surface area contributed by atoms with Crippen molar-refractivity contribution in [3.63, 3.8) is 0 Å². The summed E-state index contributed by atoms with van der Waals surface area (Å²) in [5, 5.41) is 43.8. The smallest absolute Gasteiger partial charge is 0.410 e. The van der Waals surface area contributed by atoms with E-state index in [2.05, 4.69) is 144 Å². The van der Waals surface area contributed by atoms with Crippen molar-refractivity contribution in [1.29, 1.82) is 0 Å². The molecule has 4 fully saturated rings. The Balaban J connectivity index is 0.000000223. The number of aryl methyl sites for hydroxylation is 4. The van der Waals surface area contributed by atoms with Crippen LogP contribution in [-0.2, 0) is 111 Å². The number of benzene rings is 5. The number of cyclic esters (lactones) is 2. The molecule has 0 saturated carbocycles. The topological polar surface area (TPSA) is 354 Å². The zero-order valence-corrected chi connectivity index (χ0v) is 79.1. The number of carbonyl (C=O) groups is 9. The van der Waals surface area contributed by atoms with Crippen LogP contribution in [0.3, 0.4) is 0 Å². The van der Waals surface area contributed by atoms with Crippen molar-refractivity contribution >= 4 is 75.3 Å². The maximum atomic E-state index is 14.8. The van der Waals surface area contributed by atoms with Crippen molar-refractivity contribution in [2.24, 2.45) is 34.5 Å². The molecular weight excluding hydrogens is 1670 g/mol. The van der Waals surface area contributed by atoms with E-state index in [1.165, 1.54) is 35.8 Å². The number of carbonyl (C=O) groups excluding carboxylic acids is 9. The van der Waals surface area contributed by atoms with Gasteiger partial charge in [0.2, 0.25) is 23.6 Å². The number of aromatic hydroxyl groups is 2. The summed E-state index contributed by atoms with van der Waals surface area (Å²) in [7, 11) is 4.24. The van der Waals surface area contributed by atoms with E-state index in [1.54, 1.807) is 38.4 Å². The van der Waals surface area contributed by atoms with E-state index in [4.69, 9.17) is 19.3 Å². The molecule has 8 atom stereocenters. The molecule has 8 N–H and O–H groups in total. The molecule has 29 heteroatoms. The molecule has 7 amide bonds. The van der Waals surface area contributed by atoms with Gasteiger partial charge in [-0.1, -0.05) is 124 Å². The third-order valence-corrected chi connectivity index (χ3v) is 26.5. The summed E-state index contributed by atoms with van der Waals surface area (Å²) in [5.74, 6) is -4.58. The SMILES string of the molecule is CCc1ccncc1-c1c2c3cc(ccc3n1CC)-c1cc(O)cc(c1)C[C@H](NC(=O)[C@H](C(C)C)N(C)C(=O)[C@H]1CCN(C(=O)OCc3ccccc3)C1)C(=O)N1CCC[C@H](N1)C(=O)OCC(C)(C)C2.CCc1ccncc1-c1c2c3cc(ccc3n1CC)-c1cc(O)cc(c1)C[C@H](NC(=O)[C@H](C(C)C)N(C)C(=O)[C@H]1CCNC1)C(=O)N1CCC[C@H](N1)C(=O)OCC(C)(C)C2.CO. The van der Waals surface area contributed by atoms with Crippen molar-refractivity contribution in [3.05, 3.63) is 179 Å². The van der Waals surface area contributed by atoms with E-state index < -0.39 is 94.7 Å². The normalized spacial score (nSPS) is 20.3. The van der Waals surface area contributed by atoms with Gasteiger partial charge in [0.15, 0.2) is 0 Å². The lowest BCUT2D eigenvalue weighted by atomic mass is 9.84. The van der Waals surface area contributed by atoms with Crippen LogP contribution in [0.1, 0.15) is 161 Å². The molecule has 132 heavy (non-hydrogen) atoms. The van der Waals surface area contributed by atoms with Gasteiger partial charge in [0, 0.05) is 148 Å². The van der Waals surface area contributed by atoms with E-state index in [9.17, 15) is 53.4 Å². The second-order valence-electron chi connectivity index (χ2n) is 38.1. The van der Waals surface area contributed by atoms with Gasteiger partial charge in [-0.3, -0.25) is 58.3 Å². The fraction of sp³-hybridized carbons (Fsp3) is 0.485. The first-order chi connectivity index (χ1) is 63.2. The van der Waals surface area contributed by atoms with Gasteiger partial charge >= 0.3 is 18.0 Å². The molecule has 4 saturated heterocycles. The largest absolute Gasteiger partial charge is 0.508 e. The number of phenolic OH excluding ortho intramolecular Hbond substituents is 2. The second kappa shape index (κ2) is 42.7. The van der Waals surface area contributed by atoms with Crippen LogP contribution in [0.4, 0.5) is 4.79 Å². The zero-order valence-electron chi connectivity index (χ0n) is 79.1. The van der Waals surface area contributed by atoms with Crippen molar-refractivity contribution in [2.75, 3.05) is 73.7 Å². The number of hydrogen-bond donors (Lipinski definition) is 8. The number of nitrogens with one attached hydrogen (secondary N) is 5. The minimum absolute atomic E-state index is 0.00510. The highest BCUT2D eigenvalue weighted by atomic mass is 16.6. The highest BCUT2D eigenvalue weighted by Crippen LogP contribution is 2.45. The van der Waals surface area contributed by atoms with Crippen LogP contribution in [0.5, 0.6) is 11.5 Å². The third-order valence-electron chi connectivity index (χ3n) is 26.5. The van der Waals surface area contributed by atoms with Crippen LogP contribution >= 0.6 is 0 Å². The number of aliphatic hydroxyl groups is 1. The van der Waals surface area contributed by atoms with E-state index >= 15 is 0 Å². The van der Waals surface area contributed by atoms with Crippen LogP contribution in [0.25, 0.3) is 66.6 Å². The van der Waals surface area contributed by atoms with Gasteiger partial charge in [0.25, 0.3) is 11.8 Å². The van der Waals surface area contributed by atoms with Crippen LogP contribution in [0.2, 0.25) is 0 Å². The molecule has 0 unspecified atom stereocenters. The molecule has 0 radical (unpaired) electrons. The molecule has 0 spiro atoms. The first kappa shape index (κ1) is 97.5. The Morgan fingerprint density at radius 3 is 1.44 bits per heavy atom. The fourth-order valence-corrected chi connectivity index (χ4v) is 19.9. The number of esters is 2. The summed E-state index contributed by atoms with van der Waals surface area (Å²) in [4.78, 5) is 140. The van der Waals surface area contributed by atoms with Crippen molar-refractivity contribution < 1.29 is 72.7 Å². The number of likely N-dealkylation sites (N-methyl/N-ethyl adjacent to an activating group) is 2. The number of hydrazine groups is 2. The average Bonchev–Trinajstić information content (AvgIpc) is 1.59. The first-order valence-electron chi connectivity index (χ1n) is 46.8. The number of ether oxygens (including phenoxy) is 3. The van der Waals surface area contributed by atoms with Crippen LogP contribution in [0, 0.1) is 34.5 Å². The minimum atomic E-state index is -1.17. The Bertz CT molecular complexity index is 5700. The summed E-state index contributed by atoms with van der Waals surface area (Å²) < 4.78 is 22.4. The third kappa shape index (κ3) is 22.0. The predicted molar refractivity (Wildman–Crippen MR) is 507 cm³/mol. The van der Waals surface area contributed by atoms with Crippen LogP contribution in [-0.4, -0.2) is 223 Å². The quantitative estimate of drug-likeness (QED) is 0.0292. The molecule has 9 aromatic rings. The number of likely N-dealkylation sites (tertiary alicyclic amines) is 1. The van der Waals surface area contributed by atoms with Gasteiger partial charge in [-0.15, -0.1) is 0 Å². The Morgan fingerprint density at radius 2 is 1.02 bits per heavy atom. The Morgan fingerprint density at radius 1 is 0.561 bits per heavy atom. The lowest BCUT2D eigenvalue weighted by molar-refractivity contribution is -0.156. The molecule has 6 aliphatic rings. The molecule has 4 aromatic heterocycles. The van der Waals surface area contributed by atoms with Crippen LogP contribution in [0.15, 0.2) is 140 Å². The molecule has 10 heterocycles. The number of aliphatic hydroxyl groups excluding tert-OH is 1. The van der Waals surface area contributed by atoms with E-state index in [-0.39, 0.29) is 86.8 Å². The second-order valence-corrected chi connectivity index (χ2v) is 38.1. The summed E-state index contributed by atoms with van der Waals surface area (Å²) in [6.45, 7) is 28.6. The summed E-state index contributed by atoms with van der Waals surface area (Å²) in [6, 6.07) is 31.0. The Labute approximate surface area is 774 Å².